The van der Waals surface area contributed by atoms with E-state index in [2.05, 4.69) is 19.2 Å². The molecule has 0 bridgehead atoms. The molecule has 6 nitrogen and oxygen atoms in total. The number of amides is 3. The molecular formula is C27H25N3O3S. The highest BCUT2D eigenvalue weighted by molar-refractivity contribution is 8.02. The van der Waals surface area contributed by atoms with Crippen LogP contribution < -0.4 is 15.1 Å². The normalized spacial score (nSPS) is 19.3. The summed E-state index contributed by atoms with van der Waals surface area (Å²) in [6, 6.07) is 24.4. The van der Waals surface area contributed by atoms with Gasteiger partial charge in [-0.1, -0.05) is 62.4 Å². The summed E-state index contributed by atoms with van der Waals surface area (Å²) in [4.78, 5) is 41.8. The lowest BCUT2D eigenvalue weighted by Gasteiger charge is -2.33. The topological polar surface area (TPSA) is 69.7 Å². The van der Waals surface area contributed by atoms with Gasteiger partial charge in [-0.15, -0.1) is 11.8 Å². The SMILES string of the molecule is CC(C)c1ccc(NC(=O)CN2C(=O)[C@]3(SCC(=O)N3c3ccccc3)c3ccccc32)cc1. The van der Waals surface area contributed by atoms with Crippen molar-refractivity contribution in [1.82, 2.24) is 0 Å². The zero-order valence-corrected chi connectivity index (χ0v) is 19.8. The lowest BCUT2D eigenvalue weighted by molar-refractivity contribution is -0.124. The first kappa shape index (κ1) is 22.2. The molecule has 0 saturated carbocycles. The minimum atomic E-state index is -1.21. The summed E-state index contributed by atoms with van der Waals surface area (Å²) in [5.74, 6) is -0.108. The van der Waals surface area contributed by atoms with Crippen molar-refractivity contribution in [1.29, 1.82) is 0 Å². The zero-order valence-electron chi connectivity index (χ0n) is 19.0. The van der Waals surface area contributed by atoms with Gasteiger partial charge < -0.3 is 5.32 Å². The van der Waals surface area contributed by atoms with Crippen molar-refractivity contribution >= 4 is 46.5 Å². The van der Waals surface area contributed by atoms with E-state index in [1.54, 1.807) is 4.90 Å². The minimum absolute atomic E-state index is 0.129. The molecule has 2 aliphatic rings. The smallest absolute Gasteiger partial charge is 0.269 e. The molecule has 172 valence electrons. The summed E-state index contributed by atoms with van der Waals surface area (Å²) in [6.07, 6.45) is 0. The number of nitrogens with zero attached hydrogens (tertiary/aromatic N) is 2. The summed E-state index contributed by atoms with van der Waals surface area (Å²) < 4.78 is 0. The molecule has 7 heteroatoms. The maximum absolute atomic E-state index is 14.0. The van der Waals surface area contributed by atoms with Gasteiger partial charge in [0, 0.05) is 16.9 Å². The average Bonchev–Trinajstić information content (AvgIpc) is 3.31. The summed E-state index contributed by atoms with van der Waals surface area (Å²) in [5, 5.41) is 2.90. The largest absolute Gasteiger partial charge is 0.325 e. The van der Waals surface area contributed by atoms with Crippen LogP contribution in [0.4, 0.5) is 17.1 Å². The molecule has 3 aromatic rings. The Morgan fingerprint density at radius 3 is 2.35 bits per heavy atom. The van der Waals surface area contributed by atoms with Gasteiger partial charge in [0.05, 0.1) is 11.4 Å². The van der Waals surface area contributed by atoms with E-state index in [1.807, 2.05) is 78.9 Å². The molecule has 0 radical (unpaired) electrons. The van der Waals surface area contributed by atoms with Crippen molar-refractivity contribution in [2.24, 2.45) is 0 Å². The van der Waals surface area contributed by atoms with E-state index < -0.39 is 4.87 Å². The van der Waals surface area contributed by atoms with Crippen LogP contribution in [0.2, 0.25) is 0 Å². The Kier molecular flexibility index (Phi) is 5.65. The maximum Gasteiger partial charge on any atom is 0.269 e. The van der Waals surface area contributed by atoms with Crippen LogP contribution in [0.15, 0.2) is 78.9 Å². The highest BCUT2D eigenvalue weighted by Gasteiger charge is 2.61. The van der Waals surface area contributed by atoms with Gasteiger partial charge in [-0.3, -0.25) is 24.2 Å². The van der Waals surface area contributed by atoms with Crippen LogP contribution in [0, 0.1) is 0 Å². The van der Waals surface area contributed by atoms with E-state index in [1.165, 1.54) is 22.2 Å². The van der Waals surface area contributed by atoms with Crippen molar-refractivity contribution < 1.29 is 14.4 Å². The molecule has 1 atom stereocenters. The van der Waals surface area contributed by atoms with Gasteiger partial charge in [0.1, 0.15) is 6.54 Å². The number of hydrogen-bond donors (Lipinski definition) is 1. The number of carbonyl (C=O) groups excluding carboxylic acids is 3. The molecule has 1 N–H and O–H groups in total. The van der Waals surface area contributed by atoms with Crippen LogP contribution in [0.25, 0.3) is 0 Å². The Hall–Kier alpha value is -3.58. The van der Waals surface area contributed by atoms with Crippen molar-refractivity contribution in [3.63, 3.8) is 0 Å². The molecule has 0 aromatic heterocycles. The fraction of sp³-hybridized carbons (Fsp3) is 0.222. The monoisotopic (exact) mass is 471 g/mol. The second-order valence-electron chi connectivity index (χ2n) is 8.73. The van der Waals surface area contributed by atoms with E-state index in [0.717, 1.165) is 5.56 Å². The third-order valence-corrected chi connectivity index (χ3v) is 7.63. The Morgan fingerprint density at radius 2 is 1.65 bits per heavy atom. The molecule has 5 rings (SSSR count). The molecule has 1 spiro atoms. The van der Waals surface area contributed by atoms with Gasteiger partial charge in [0.15, 0.2) is 0 Å². The number of rotatable bonds is 5. The van der Waals surface area contributed by atoms with Gasteiger partial charge in [0.25, 0.3) is 5.91 Å². The lowest BCUT2D eigenvalue weighted by atomic mass is 10.0. The summed E-state index contributed by atoms with van der Waals surface area (Å²) in [5.41, 5.74) is 3.92. The molecule has 34 heavy (non-hydrogen) atoms. The molecule has 3 aromatic carbocycles. The minimum Gasteiger partial charge on any atom is -0.325 e. The van der Waals surface area contributed by atoms with Crippen molar-refractivity contribution in [3.05, 3.63) is 90.0 Å². The number of para-hydroxylation sites is 2. The molecular weight excluding hydrogens is 446 g/mol. The first-order valence-electron chi connectivity index (χ1n) is 11.2. The van der Waals surface area contributed by atoms with Crippen LogP contribution >= 0.6 is 11.8 Å². The lowest BCUT2D eigenvalue weighted by Crippen LogP contribution is -2.50. The van der Waals surface area contributed by atoms with Gasteiger partial charge >= 0.3 is 0 Å². The first-order chi connectivity index (χ1) is 16.4. The fourth-order valence-corrected chi connectivity index (χ4v) is 5.94. The Bertz CT molecular complexity index is 1260. The Balaban J connectivity index is 1.45. The van der Waals surface area contributed by atoms with Crippen LogP contribution in [0.1, 0.15) is 30.9 Å². The second kappa shape index (κ2) is 8.65. The summed E-state index contributed by atoms with van der Waals surface area (Å²) in [7, 11) is 0. The van der Waals surface area contributed by atoms with E-state index in [4.69, 9.17) is 0 Å². The summed E-state index contributed by atoms with van der Waals surface area (Å²) in [6.45, 7) is 4.09. The van der Waals surface area contributed by atoms with Crippen molar-refractivity contribution in [3.8, 4) is 0 Å². The van der Waals surface area contributed by atoms with Gasteiger partial charge in [-0.25, -0.2) is 0 Å². The fourth-order valence-electron chi connectivity index (χ4n) is 4.58. The third kappa shape index (κ3) is 3.56. The maximum atomic E-state index is 14.0. The molecule has 0 unspecified atom stereocenters. The highest BCUT2D eigenvalue weighted by Crippen LogP contribution is 2.55. The average molecular weight is 472 g/mol. The number of fused-ring (bicyclic) bond motifs is 2. The van der Waals surface area contributed by atoms with Crippen LogP contribution in [-0.2, 0) is 19.3 Å². The van der Waals surface area contributed by atoms with Crippen LogP contribution in [-0.4, -0.2) is 30.0 Å². The number of anilines is 3. The molecule has 1 fully saturated rings. The number of thioether (sulfide) groups is 1. The molecule has 2 heterocycles. The summed E-state index contributed by atoms with van der Waals surface area (Å²) >= 11 is 1.31. The first-order valence-corrected chi connectivity index (χ1v) is 12.2. The zero-order chi connectivity index (χ0) is 23.9. The molecule has 2 aliphatic heterocycles. The predicted molar refractivity (Wildman–Crippen MR) is 136 cm³/mol. The Labute approximate surface area is 202 Å². The van der Waals surface area contributed by atoms with E-state index in [9.17, 15) is 14.4 Å². The molecule has 1 saturated heterocycles. The van der Waals surface area contributed by atoms with E-state index >= 15 is 0 Å². The Morgan fingerprint density at radius 1 is 0.971 bits per heavy atom. The molecule has 0 aliphatic carbocycles. The standard InChI is InChI=1S/C27H25N3O3S/c1-18(2)19-12-14-20(15-13-19)28-24(31)16-29-23-11-7-6-10-22(23)27(26(29)33)30(25(32)17-34-27)21-8-4-3-5-9-21/h3-15,18H,16-17H2,1-2H3,(H,28,31)/t27-/m1/s1. The van der Waals surface area contributed by atoms with Gasteiger partial charge in [0.2, 0.25) is 16.7 Å². The highest BCUT2D eigenvalue weighted by atomic mass is 32.2. The van der Waals surface area contributed by atoms with E-state index in [0.29, 0.717) is 23.0 Å². The number of benzene rings is 3. The second-order valence-corrected chi connectivity index (χ2v) is 9.90. The van der Waals surface area contributed by atoms with Crippen LogP contribution in [0.3, 0.4) is 0 Å². The number of carbonyl (C=O) groups is 3. The predicted octanol–water partition coefficient (Wildman–Crippen LogP) is 4.73. The van der Waals surface area contributed by atoms with E-state index in [-0.39, 0.29) is 30.0 Å². The van der Waals surface area contributed by atoms with Gasteiger partial charge in [-0.2, -0.15) is 0 Å². The van der Waals surface area contributed by atoms with Gasteiger partial charge in [-0.05, 0) is 41.8 Å². The quantitative estimate of drug-likeness (QED) is 0.584. The van der Waals surface area contributed by atoms with Crippen molar-refractivity contribution in [2.45, 2.75) is 24.6 Å². The molecule has 3 amide bonds. The third-order valence-electron chi connectivity index (χ3n) is 6.24. The van der Waals surface area contributed by atoms with Crippen molar-refractivity contribution in [2.75, 3.05) is 27.4 Å². The van der Waals surface area contributed by atoms with Crippen LogP contribution in [0.5, 0.6) is 0 Å². The number of nitrogens with one attached hydrogen (secondary N) is 1. The number of hydrogen-bond acceptors (Lipinski definition) is 4.